The van der Waals surface area contributed by atoms with Crippen LogP contribution in [0.25, 0.3) is 0 Å². The van der Waals surface area contributed by atoms with Crippen LogP contribution in [0.4, 0.5) is 0 Å². The second-order valence-corrected chi connectivity index (χ2v) is 29.4. The molecule has 17 nitrogen and oxygen atoms in total. The van der Waals surface area contributed by atoms with E-state index >= 15 is 0 Å². The highest BCUT2D eigenvalue weighted by atomic mass is 31.2. The predicted octanol–water partition coefficient (Wildman–Crippen LogP) is 19.7. The fourth-order valence-corrected chi connectivity index (χ4v) is 12.0. The van der Waals surface area contributed by atoms with Gasteiger partial charge in [-0.2, -0.15) is 0 Å². The summed E-state index contributed by atoms with van der Waals surface area (Å²) >= 11 is 0. The van der Waals surface area contributed by atoms with E-state index in [1.54, 1.807) is 0 Å². The van der Waals surface area contributed by atoms with Crippen LogP contribution in [0.3, 0.4) is 0 Å². The van der Waals surface area contributed by atoms with Gasteiger partial charge in [0.25, 0.3) is 0 Å². The van der Waals surface area contributed by atoms with Gasteiger partial charge in [0.1, 0.15) is 19.3 Å². The minimum absolute atomic E-state index is 0.102. The third-order valence-electron chi connectivity index (χ3n) is 17.2. The molecule has 0 fully saturated rings. The Labute approximate surface area is 543 Å². The Morgan fingerprint density at radius 1 is 0.315 bits per heavy atom. The second kappa shape index (κ2) is 59.8. The molecule has 0 radical (unpaired) electrons. The van der Waals surface area contributed by atoms with Gasteiger partial charge in [-0.1, -0.05) is 293 Å². The van der Waals surface area contributed by atoms with Crippen LogP contribution in [0.15, 0.2) is 0 Å². The van der Waals surface area contributed by atoms with Crippen LogP contribution in [0.2, 0.25) is 0 Å². The quantitative estimate of drug-likeness (QED) is 0.0222. The summed E-state index contributed by atoms with van der Waals surface area (Å²) in [5.74, 6) is 0.889. The molecule has 19 heteroatoms. The van der Waals surface area contributed by atoms with Crippen molar-refractivity contribution in [2.75, 3.05) is 39.6 Å². The summed E-state index contributed by atoms with van der Waals surface area (Å²) in [6, 6.07) is 0. The highest BCUT2D eigenvalue weighted by Gasteiger charge is 2.30. The molecule has 0 aromatic heterocycles. The van der Waals surface area contributed by atoms with E-state index in [9.17, 15) is 43.2 Å². The van der Waals surface area contributed by atoms with Gasteiger partial charge in [-0.05, 0) is 49.4 Å². The molecule has 0 bridgehead atoms. The van der Waals surface area contributed by atoms with Gasteiger partial charge in [-0.25, -0.2) is 9.13 Å². The number of phosphoric acid groups is 2. The molecule has 0 aliphatic heterocycles. The molecule has 0 aromatic carbocycles. The molecule has 89 heavy (non-hydrogen) atoms. The lowest BCUT2D eigenvalue weighted by Gasteiger charge is -2.21. The summed E-state index contributed by atoms with van der Waals surface area (Å²) in [7, 11) is -9.90. The summed E-state index contributed by atoms with van der Waals surface area (Å²) in [5, 5.41) is 10.6. The number of phosphoric ester groups is 2. The van der Waals surface area contributed by atoms with Crippen molar-refractivity contribution in [1.82, 2.24) is 0 Å². The van der Waals surface area contributed by atoms with E-state index in [1.165, 1.54) is 141 Å². The van der Waals surface area contributed by atoms with Gasteiger partial charge in [0, 0.05) is 25.7 Å². The number of carbonyl (C=O) groups excluding carboxylic acids is 4. The van der Waals surface area contributed by atoms with Crippen LogP contribution < -0.4 is 0 Å². The first-order valence-electron chi connectivity index (χ1n) is 36.3. The summed E-state index contributed by atoms with van der Waals surface area (Å²) in [5.41, 5.74) is 0. The van der Waals surface area contributed by atoms with Crippen LogP contribution >= 0.6 is 15.6 Å². The van der Waals surface area contributed by atoms with E-state index in [0.717, 1.165) is 114 Å². The van der Waals surface area contributed by atoms with Crippen molar-refractivity contribution in [2.24, 2.45) is 23.7 Å². The van der Waals surface area contributed by atoms with E-state index in [0.29, 0.717) is 31.6 Å². The molecule has 0 saturated heterocycles. The average molecular weight is 1310 g/mol. The number of aliphatic hydroxyl groups excluding tert-OH is 1. The second-order valence-electron chi connectivity index (χ2n) is 26.5. The molecule has 528 valence electrons. The molecule has 8 atom stereocenters. The van der Waals surface area contributed by atoms with Crippen molar-refractivity contribution in [3.8, 4) is 0 Å². The van der Waals surface area contributed by atoms with Crippen molar-refractivity contribution in [1.29, 1.82) is 0 Å². The molecule has 0 rings (SSSR count). The Bertz CT molecular complexity index is 1770. The van der Waals surface area contributed by atoms with E-state index in [4.69, 9.17) is 37.0 Å². The molecular weight excluding hydrogens is 1170 g/mol. The van der Waals surface area contributed by atoms with Crippen LogP contribution in [0, 0.1) is 23.7 Å². The summed E-state index contributed by atoms with van der Waals surface area (Å²) < 4.78 is 68.2. The Kier molecular flexibility index (Phi) is 58.5. The highest BCUT2D eigenvalue weighted by Crippen LogP contribution is 2.45. The molecule has 3 N–H and O–H groups in total. The normalized spacial score (nSPS) is 15.2. The minimum atomic E-state index is -4.95. The van der Waals surface area contributed by atoms with E-state index in [2.05, 4.69) is 55.4 Å². The lowest BCUT2D eigenvalue weighted by molar-refractivity contribution is -0.161. The Hall–Kier alpha value is -1.94. The van der Waals surface area contributed by atoms with Gasteiger partial charge in [0.05, 0.1) is 26.4 Å². The molecule has 0 spiro atoms. The Morgan fingerprint density at radius 2 is 0.539 bits per heavy atom. The zero-order valence-electron chi connectivity index (χ0n) is 58.1. The standard InChI is InChI=1S/C70H136O17P2/c1-9-61(6)47-39-31-22-18-16-14-12-13-15-17-19-25-36-44-52-69(74)86-65(57-81-68(73)51-43-35-28-26-30-38-46-60(4)5)58-84-88(76,77)82-54-64(71)55-83-89(78,79)85-59-66(87-70(75)53-45-37-29-27-33-41-49-63(8)11-3)56-80-67(72)50-42-34-24-21-20-23-32-40-48-62(7)10-2/h60-66,71H,9-59H2,1-8H3,(H,76,77)(H,78,79)/t61?,62?,63?,64-,65+,66+/m0/s1. The molecule has 0 heterocycles. The average Bonchev–Trinajstić information content (AvgIpc) is 3.59. The smallest absolute Gasteiger partial charge is 0.462 e. The number of esters is 4. The first-order chi connectivity index (χ1) is 42.7. The Balaban J connectivity index is 5.21. The van der Waals surface area contributed by atoms with Gasteiger partial charge in [0.15, 0.2) is 12.2 Å². The van der Waals surface area contributed by atoms with Crippen LogP contribution in [-0.2, 0) is 65.4 Å². The summed E-state index contributed by atoms with van der Waals surface area (Å²) in [4.78, 5) is 72.5. The predicted molar refractivity (Wildman–Crippen MR) is 358 cm³/mol. The van der Waals surface area contributed by atoms with Gasteiger partial charge >= 0.3 is 39.5 Å². The van der Waals surface area contributed by atoms with E-state index < -0.39 is 97.5 Å². The zero-order valence-corrected chi connectivity index (χ0v) is 59.8. The SMILES string of the molecule is CCC(C)CCCCCCCCCCCCCCCCC(=O)O[C@H](COC(=O)CCCCCCCCC(C)C)COP(=O)(O)OC[C@H](O)COP(=O)(O)OC[C@@H](COC(=O)CCCCCCCCCCC(C)CC)OC(=O)CCCCCCCCC(C)CC. The van der Waals surface area contributed by atoms with Crippen molar-refractivity contribution < 1.29 is 80.2 Å². The van der Waals surface area contributed by atoms with Crippen molar-refractivity contribution >= 4 is 39.5 Å². The van der Waals surface area contributed by atoms with Crippen LogP contribution in [0.5, 0.6) is 0 Å². The molecule has 0 saturated carbocycles. The van der Waals surface area contributed by atoms with E-state index in [-0.39, 0.29) is 25.7 Å². The summed E-state index contributed by atoms with van der Waals surface area (Å²) in [6.07, 6.45) is 41.8. The third kappa shape index (κ3) is 60.7. The number of unbranched alkanes of at least 4 members (excludes halogenated alkanes) is 30. The summed E-state index contributed by atoms with van der Waals surface area (Å²) in [6.45, 7) is 14.1. The molecule has 0 aliphatic rings. The monoisotopic (exact) mass is 1310 g/mol. The molecule has 0 amide bonds. The van der Waals surface area contributed by atoms with Crippen LogP contribution in [-0.4, -0.2) is 96.7 Å². The van der Waals surface area contributed by atoms with Gasteiger partial charge in [-0.15, -0.1) is 0 Å². The number of aliphatic hydroxyl groups is 1. The maximum atomic E-state index is 13.0. The lowest BCUT2D eigenvalue weighted by Crippen LogP contribution is -2.30. The third-order valence-corrected chi connectivity index (χ3v) is 19.1. The maximum Gasteiger partial charge on any atom is 0.472 e. The minimum Gasteiger partial charge on any atom is -0.462 e. The van der Waals surface area contributed by atoms with Crippen LogP contribution in [0.1, 0.15) is 344 Å². The molecule has 5 unspecified atom stereocenters. The number of ether oxygens (including phenoxy) is 4. The lowest BCUT2D eigenvalue weighted by atomic mass is 9.99. The van der Waals surface area contributed by atoms with Crippen molar-refractivity contribution in [3.05, 3.63) is 0 Å². The largest absolute Gasteiger partial charge is 0.472 e. The number of rotatable bonds is 67. The van der Waals surface area contributed by atoms with Crippen molar-refractivity contribution in [3.63, 3.8) is 0 Å². The molecule has 0 aromatic rings. The fraction of sp³-hybridized carbons (Fsp3) is 0.943. The van der Waals surface area contributed by atoms with Gasteiger partial charge in [-0.3, -0.25) is 37.3 Å². The first kappa shape index (κ1) is 87.1. The topological polar surface area (TPSA) is 237 Å². The first-order valence-corrected chi connectivity index (χ1v) is 39.3. The Morgan fingerprint density at radius 3 is 0.798 bits per heavy atom. The highest BCUT2D eigenvalue weighted by molar-refractivity contribution is 7.47. The van der Waals surface area contributed by atoms with Gasteiger partial charge < -0.3 is 33.8 Å². The number of carbonyl (C=O) groups is 4. The molecule has 0 aliphatic carbocycles. The number of hydrogen-bond donors (Lipinski definition) is 3. The maximum absolute atomic E-state index is 13.0. The fourth-order valence-electron chi connectivity index (χ4n) is 10.4. The zero-order chi connectivity index (χ0) is 66.1. The molecular formula is C70H136O17P2. The van der Waals surface area contributed by atoms with E-state index in [1.807, 2.05) is 0 Å². The van der Waals surface area contributed by atoms with Crippen molar-refractivity contribution in [2.45, 2.75) is 363 Å². The number of hydrogen-bond acceptors (Lipinski definition) is 15. The van der Waals surface area contributed by atoms with Gasteiger partial charge in [0.2, 0.25) is 0 Å².